The molecular weight excluding hydrogens is 297 g/mol. The molecule has 0 N–H and O–H groups in total. The number of halogens is 3. The molecule has 1 aromatic heterocycles. The molecule has 0 fully saturated rings. The summed E-state index contributed by atoms with van der Waals surface area (Å²) in [6.45, 7) is 1.90. The zero-order valence-electron chi connectivity index (χ0n) is 12.0. The van der Waals surface area contributed by atoms with Crippen molar-refractivity contribution in [3.8, 4) is 0 Å². The van der Waals surface area contributed by atoms with E-state index >= 15 is 0 Å². The number of aromatic nitrogens is 2. The summed E-state index contributed by atoms with van der Waals surface area (Å²) in [5.74, 6) is 0.926. The summed E-state index contributed by atoms with van der Waals surface area (Å²) < 4.78 is 43.4. The Morgan fingerprint density at radius 3 is 2.32 bits per heavy atom. The first-order chi connectivity index (χ1) is 10.4. The molecule has 0 saturated heterocycles. The highest BCUT2D eigenvalue weighted by Crippen LogP contribution is 2.35. The van der Waals surface area contributed by atoms with Crippen molar-refractivity contribution in [1.29, 1.82) is 0 Å². The Labute approximate surface area is 125 Å². The van der Waals surface area contributed by atoms with Gasteiger partial charge in [0.1, 0.15) is 6.54 Å². The van der Waals surface area contributed by atoms with Gasteiger partial charge < -0.3 is 14.2 Å². The first-order valence-corrected chi connectivity index (χ1v) is 6.87. The Hall–Kier alpha value is -2.25. The molecule has 118 valence electrons. The molecule has 1 aromatic carbocycles. The zero-order chi connectivity index (χ0) is 15.7. The lowest BCUT2D eigenvalue weighted by molar-refractivity contribution is -0.119. The Morgan fingerprint density at radius 1 is 1.09 bits per heavy atom. The minimum absolute atomic E-state index is 0.295. The molecule has 2 heterocycles. The Kier molecular flexibility index (Phi) is 3.67. The molecule has 22 heavy (non-hydrogen) atoms. The molecular formula is C14H15F3N4O. The molecule has 0 amide bonds. The highest BCUT2D eigenvalue weighted by Gasteiger charge is 2.34. The molecule has 3 rings (SSSR count). The van der Waals surface area contributed by atoms with Crippen LogP contribution >= 0.6 is 0 Å². The van der Waals surface area contributed by atoms with Gasteiger partial charge in [0, 0.05) is 20.0 Å². The van der Waals surface area contributed by atoms with Gasteiger partial charge >= 0.3 is 6.18 Å². The van der Waals surface area contributed by atoms with Gasteiger partial charge in [0.2, 0.25) is 11.8 Å². The average Bonchev–Trinajstić information content (AvgIpc) is 2.86. The molecule has 0 bridgehead atoms. The van der Waals surface area contributed by atoms with Crippen molar-refractivity contribution in [1.82, 2.24) is 10.2 Å². The highest BCUT2D eigenvalue weighted by molar-refractivity contribution is 5.73. The second-order valence-corrected chi connectivity index (χ2v) is 5.16. The van der Waals surface area contributed by atoms with Crippen LogP contribution in [0.4, 0.5) is 24.5 Å². The van der Waals surface area contributed by atoms with Gasteiger partial charge in [-0.1, -0.05) is 12.1 Å². The summed E-state index contributed by atoms with van der Waals surface area (Å²) in [4.78, 5) is 3.31. The maximum atomic E-state index is 12.7. The van der Waals surface area contributed by atoms with E-state index < -0.39 is 12.7 Å². The van der Waals surface area contributed by atoms with Crippen molar-refractivity contribution in [3.63, 3.8) is 0 Å². The van der Waals surface area contributed by atoms with E-state index in [2.05, 4.69) is 10.2 Å². The predicted molar refractivity (Wildman–Crippen MR) is 74.8 cm³/mol. The van der Waals surface area contributed by atoms with Crippen molar-refractivity contribution < 1.29 is 17.6 Å². The third-order valence-electron chi connectivity index (χ3n) is 3.47. The van der Waals surface area contributed by atoms with Crippen LogP contribution in [0.25, 0.3) is 0 Å². The number of fused-ring (bicyclic) bond motifs is 1. The van der Waals surface area contributed by atoms with Gasteiger partial charge in [-0.15, -0.1) is 10.2 Å². The summed E-state index contributed by atoms with van der Waals surface area (Å²) in [5.41, 5.74) is 1.32. The molecule has 0 atom stereocenters. The van der Waals surface area contributed by atoms with Crippen LogP contribution in [0.15, 0.2) is 28.7 Å². The zero-order valence-corrected chi connectivity index (χ0v) is 12.0. The lowest BCUT2D eigenvalue weighted by Crippen LogP contribution is -2.44. The minimum atomic E-state index is -4.22. The van der Waals surface area contributed by atoms with Gasteiger partial charge in [0.05, 0.1) is 17.9 Å². The van der Waals surface area contributed by atoms with Crippen LogP contribution in [0, 0.1) is 6.92 Å². The van der Waals surface area contributed by atoms with Gasteiger partial charge in [0.25, 0.3) is 0 Å². The number of alkyl halides is 3. The molecule has 0 saturated carbocycles. The SMILES string of the molecule is Cc1nnc(CN2CCN(CC(F)(F)F)c3ccccc32)o1. The average molecular weight is 312 g/mol. The number of anilines is 2. The lowest BCUT2D eigenvalue weighted by atomic mass is 10.1. The summed E-state index contributed by atoms with van der Waals surface area (Å²) in [7, 11) is 0. The van der Waals surface area contributed by atoms with Gasteiger partial charge in [-0.3, -0.25) is 0 Å². The van der Waals surface area contributed by atoms with E-state index in [1.807, 2.05) is 11.0 Å². The number of nitrogens with zero attached hydrogens (tertiary/aromatic N) is 4. The number of hydrogen-bond donors (Lipinski definition) is 0. The molecule has 1 aliphatic heterocycles. The number of para-hydroxylation sites is 2. The van der Waals surface area contributed by atoms with E-state index in [1.54, 1.807) is 25.1 Å². The quantitative estimate of drug-likeness (QED) is 0.872. The maximum absolute atomic E-state index is 12.7. The summed E-state index contributed by atoms with van der Waals surface area (Å²) >= 11 is 0. The van der Waals surface area contributed by atoms with Crippen molar-refractivity contribution in [2.24, 2.45) is 0 Å². The molecule has 0 radical (unpaired) electrons. The van der Waals surface area contributed by atoms with E-state index in [1.165, 1.54) is 4.90 Å². The van der Waals surface area contributed by atoms with E-state index in [-0.39, 0.29) is 0 Å². The molecule has 5 nitrogen and oxygen atoms in total. The smallest absolute Gasteiger partial charge is 0.405 e. The normalized spacial score (nSPS) is 15.1. The summed E-state index contributed by atoms with van der Waals surface area (Å²) in [6.07, 6.45) is -4.22. The maximum Gasteiger partial charge on any atom is 0.405 e. The van der Waals surface area contributed by atoms with Crippen LogP contribution in [0.2, 0.25) is 0 Å². The van der Waals surface area contributed by atoms with Gasteiger partial charge in [-0.2, -0.15) is 13.2 Å². The van der Waals surface area contributed by atoms with E-state index in [0.29, 0.717) is 37.1 Å². The second-order valence-electron chi connectivity index (χ2n) is 5.16. The topological polar surface area (TPSA) is 45.4 Å². The van der Waals surface area contributed by atoms with Gasteiger partial charge in [0.15, 0.2) is 0 Å². The van der Waals surface area contributed by atoms with Crippen LogP contribution in [-0.2, 0) is 6.54 Å². The van der Waals surface area contributed by atoms with Crippen LogP contribution < -0.4 is 9.80 Å². The molecule has 0 spiro atoms. The molecule has 0 aliphatic carbocycles. The van der Waals surface area contributed by atoms with E-state index in [4.69, 9.17) is 4.42 Å². The number of benzene rings is 1. The first-order valence-electron chi connectivity index (χ1n) is 6.87. The summed E-state index contributed by atoms with van der Waals surface area (Å²) in [5, 5.41) is 7.71. The lowest BCUT2D eigenvalue weighted by Gasteiger charge is -2.38. The van der Waals surface area contributed by atoms with E-state index in [9.17, 15) is 13.2 Å². The number of aryl methyl sites for hydroxylation is 1. The largest absolute Gasteiger partial charge is 0.424 e. The van der Waals surface area contributed by atoms with Crippen LogP contribution in [0.3, 0.4) is 0 Å². The monoisotopic (exact) mass is 312 g/mol. The first kappa shape index (κ1) is 14.7. The number of hydrogen-bond acceptors (Lipinski definition) is 5. The predicted octanol–water partition coefficient (Wildman–Crippen LogP) is 2.77. The van der Waals surface area contributed by atoms with Crippen LogP contribution in [0.5, 0.6) is 0 Å². The van der Waals surface area contributed by atoms with Crippen molar-refractivity contribution in [2.45, 2.75) is 19.6 Å². The fourth-order valence-electron chi connectivity index (χ4n) is 2.59. The fourth-order valence-corrected chi connectivity index (χ4v) is 2.59. The van der Waals surface area contributed by atoms with Crippen LogP contribution in [-0.4, -0.2) is 36.0 Å². The van der Waals surface area contributed by atoms with Gasteiger partial charge in [-0.25, -0.2) is 0 Å². The Morgan fingerprint density at radius 2 is 1.73 bits per heavy atom. The van der Waals surface area contributed by atoms with Crippen molar-refractivity contribution in [2.75, 3.05) is 29.4 Å². The van der Waals surface area contributed by atoms with E-state index in [0.717, 1.165) is 5.69 Å². The third kappa shape index (κ3) is 3.15. The summed E-state index contributed by atoms with van der Waals surface area (Å²) in [6, 6.07) is 7.05. The molecule has 8 heteroatoms. The number of rotatable bonds is 3. The molecule has 2 aromatic rings. The van der Waals surface area contributed by atoms with Gasteiger partial charge in [-0.05, 0) is 12.1 Å². The highest BCUT2D eigenvalue weighted by atomic mass is 19.4. The third-order valence-corrected chi connectivity index (χ3v) is 3.47. The van der Waals surface area contributed by atoms with Crippen molar-refractivity contribution in [3.05, 3.63) is 36.0 Å². The molecule has 1 aliphatic rings. The Bertz CT molecular complexity index is 656. The van der Waals surface area contributed by atoms with Crippen molar-refractivity contribution >= 4 is 11.4 Å². The fraction of sp³-hybridized carbons (Fsp3) is 0.429. The van der Waals surface area contributed by atoms with Crippen LogP contribution in [0.1, 0.15) is 11.8 Å². The standard InChI is InChI=1S/C14H15F3N4O/c1-10-18-19-13(22-10)8-20-6-7-21(9-14(15,16)17)12-5-3-2-4-11(12)20/h2-5H,6-9H2,1H3. The second kappa shape index (κ2) is 5.51. The Balaban J connectivity index is 1.84. The molecule has 0 unspecified atom stereocenters. The minimum Gasteiger partial charge on any atom is -0.424 e.